The summed E-state index contributed by atoms with van der Waals surface area (Å²) in [5.41, 5.74) is 1.30. The van der Waals surface area contributed by atoms with Crippen LogP contribution in [0.2, 0.25) is 5.02 Å². The highest BCUT2D eigenvalue weighted by Crippen LogP contribution is 2.42. The molecule has 5 nitrogen and oxygen atoms in total. The van der Waals surface area contributed by atoms with Crippen molar-refractivity contribution in [3.63, 3.8) is 0 Å². The molecule has 2 aromatic heterocycles. The fourth-order valence-electron chi connectivity index (χ4n) is 3.35. The maximum absolute atomic E-state index is 15.1. The van der Waals surface area contributed by atoms with Gasteiger partial charge in [-0.1, -0.05) is 23.4 Å². The van der Waals surface area contributed by atoms with E-state index in [-0.39, 0.29) is 5.02 Å². The summed E-state index contributed by atoms with van der Waals surface area (Å²) < 4.78 is 32.3. The molecule has 0 atom stereocenters. The van der Waals surface area contributed by atoms with E-state index in [1.165, 1.54) is 30.0 Å². The second kappa shape index (κ2) is 7.77. The maximum Gasteiger partial charge on any atom is 0.338 e. The van der Waals surface area contributed by atoms with Gasteiger partial charge in [-0.25, -0.2) is 13.6 Å². The summed E-state index contributed by atoms with van der Waals surface area (Å²) in [5.74, 6) is -2.71. The molecule has 0 spiro atoms. The summed E-state index contributed by atoms with van der Waals surface area (Å²) in [5, 5.41) is 14.1. The highest BCUT2D eigenvalue weighted by atomic mass is 35.5. The Balaban J connectivity index is 1.93. The molecule has 0 amide bonds. The van der Waals surface area contributed by atoms with Gasteiger partial charge in [0.05, 0.1) is 28.0 Å². The molecular weight excluding hydrogens is 432 g/mol. The van der Waals surface area contributed by atoms with Gasteiger partial charge in [0, 0.05) is 33.6 Å². The molecule has 0 fully saturated rings. The molecule has 30 heavy (non-hydrogen) atoms. The molecule has 0 radical (unpaired) electrons. The first-order valence-electron chi connectivity index (χ1n) is 9.04. The van der Waals surface area contributed by atoms with Gasteiger partial charge in [0.25, 0.3) is 0 Å². The fourth-order valence-corrected chi connectivity index (χ4v) is 4.56. The molecule has 0 unspecified atom stereocenters. The average Bonchev–Trinajstić information content (AvgIpc) is 3.29. The maximum atomic E-state index is 15.1. The predicted octanol–water partition coefficient (Wildman–Crippen LogP) is 5.94. The molecule has 0 aliphatic heterocycles. The zero-order valence-corrected chi connectivity index (χ0v) is 17.6. The van der Waals surface area contributed by atoms with E-state index in [1.807, 2.05) is 20.0 Å². The minimum absolute atomic E-state index is 0.00405. The molecule has 9 heteroatoms. The Labute approximate surface area is 179 Å². The van der Waals surface area contributed by atoms with Gasteiger partial charge in [0.1, 0.15) is 5.82 Å². The third-order valence-corrected chi connectivity index (χ3v) is 6.29. The SMILES string of the molecule is CCn1cc(-n2c(C)c(Sc3ccc(F)c(C(=O)O)c3)c3ccc(Cl)c(F)c32)cn1. The summed E-state index contributed by atoms with van der Waals surface area (Å²) in [6.07, 6.45) is 3.45. The topological polar surface area (TPSA) is 60.0 Å². The van der Waals surface area contributed by atoms with Crippen LogP contribution >= 0.6 is 23.4 Å². The summed E-state index contributed by atoms with van der Waals surface area (Å²) in [6.45, 7) is 4.45. The Kier molecular flexibility index (Phi) is 5.29. The van der Waals surface area contributed by atoms with Crippen molar-refractivity contribution in [2.24, 2.45) is 0 Å². The third-order valence-electron chi connectivity index (χ3n) is 4.79. The van der Waals surface area contributed by atoms with Crippen molar-refractivity contribution < 1.29 is 18.7 Å². The van der Waals surface area contributed by atoms with Gasteiger partial charge < -0.3 is 9.67 Å². The van der Waals surface area contributed by atoms with Gasteiger partial charge in [-0.05, 0) is 44.2 Å². The van der Waals surface area contributed by atoms with E-state index in [2.05, 4.69) is 5.10 Å². The number of aromatic nitrogens is 3. The number of hydrogen-bond acceptors (Lipinski definition) is 3. The number of aromatic carboxylic acids is 1. The molecule has 0 aliphatic rings. The molecule has 0 saturated carbocycles. The number of nitrogens with zero attached hydrogens (tertiary/aromatic N) is 3. The molecule has 4 rings (SSSR count). The van der Waals surface area contributed by atoms with Crippen LogP contribution in [0.3, 0.4) is 0 Å². The zero-order chi connectivity index (χ0) is 21.6. The molecule has 2 heterocycles. The Morgan fingerprint density at radius 1 is 1.27 bits per heavy atom. The number of carboxylic acid groups (broad SMARTS) is 1. The minimum atomic E-state index is -1.35. The van der Waals surface area contributed by atoms with E-state index in [4.69, 9.17) is 11.6 Å². The molecule has 2 aromatic carbocycles. The number of fused-ring (bicyclic) bond motifs is 1. The van der Waals surface area contributed by atoms with Crippen LogP contribution in [-0.4, -0.2) is 25.4 Å². The quantitative estimate of drug-likeness (QED) is 0.411. The average molecular weight is 448 g/mol. The van der Waals surface area contributed by atoms with Crippen molar-refractivity contribution >= 4 is 40.2 Å². The highest BCUT2D eigenvalue weighted by Gasteiger charge is 2.22. The standard InChI is InChI=1S/C21H16ClF2N3O2S/c1-3-26-10-12(9-25-26)27-11(2)20(14-5-6-16(22)18(24)19(14)27)30-13-4-7-17(23)15(8-13)21(28)29/h4-10H,3H2,1-2H3,(H,28,29). The molecule has 4 aromatic rings. The van der Waals surface area contributed by atoms with E-state index >= 15 is 4.39 Å². The van der Waals surface area contributed by atoms with E-state index in [0.717, 1.165) is 11.8 Å². The molecular formula is C21H16ClF2N3O2S. The van der Waals surface area contributed by atoms with E-state index in [9.17, 15) is 14.3 Å². The lowest BCUT2D eigenvalue weighted by atomic mass is 10.2. The zero-order valence-electron chi connectivity index (χ0n) is 16.0. The van der Waals surface area contributed by atoms with Gasteiger partial charge in [0.15, 0.2) is 5.82 Å². The molecule has 0 bridgehead atoms. The van der Waals surface area contributed by atoms with Crippen molar-refractivity contribution in [3.8, 4) is 5.69 Å². The first-order chi connectivity index (χ1) is 14.3. The number of benzene rings is 2. The second-order valence-electron chi connectivity index (χ2n) is 6.61. The lowest BCUT2D eigenvalue weighted by Gasteiger charge is -2.07. The van der Waals surface area contributed by atoms with Crippen LogP contribution in [0, 0.1) is 18.6 Å². The fraction of sp³-hybridized carbons (Fsp3) is 0.143. The van der Waals surface area contributed by atoms with Crippen LogP contribution in [0.25, 0.3) is 16.6 Å². The van der Waals surface area contributed by atoms with Crippen molar-refractivity contribution in [1.82, 2.24) is 14.3 Å². The number of carboxylic acids is 1. The smallest absolute Gasteiger partial charge is 0.338 e. The lowest BCUT2D eigenvalue weighted by Crippen LogP contribution is -2.00. The van der Waals surface area contributed by atoms with Crippen molar-refractivity contribution in [2.75, 3.05) is 0 Å². The number of rotatable bonds is 5. The van der Waals surface area contributed by atoms with Crippen molar-refractivity contribution in [1.29, 1.82) is 0 Å². The number of aryl methyl sites for hydroxylation is 1. The van der Waals surface area contributed by atoms with Crippen LogP contribution < -0.4 is 0 Å². The van der Waals surface area contributed by atoms with Gasteiger partial charge in [-0.3, -0.25) is 4.68 Å². The molecule has 0 aliphatic carbocycles. The van der Waals surface area contributed by atoms with Crippen molar-refractivity contribution in [3.05, 3.63) is 70.6 Å². The Morgan fingerprint density at radius 3 is 2.70 bits per heavy atom. The lowest BCUT2D eigenvalue weighted by molar-refractivity contribution is 0.0691. The summed E-state index contributed by atoms with van der Waals surface area (Å²) >= 11 is 7.29. The minimum Gasteiger partial charge on any atom is -0.478 e. The number of halogens is 3. The van der Waals surface area contributed by atoms with Crippen LogP contribution in [0.4, 0.5) is 8.78 Å². The Hall–Kier alpha value is -2.84. The summed E-state index contributed by atoms with van der Waals surface area (Å²) in [6, 6.07) is 7.08. The first kappa shape index (κ1) is 20.4. The summed E-state index contributed by atoms with van der Waals surface area (Å²) in [4.78, 5) is 12.5. The van der Waals surface area contributed by atoms with Gasteiger partial charge in [-0.15, -0.1) is 0 Å². The van der Waals surface area contributed by atoms with E-state index < -0.39 is 23.2 Å². The largest absolute Gasteiger partial charge is 0.478 e. The monoisotopic (exact) mass is 447 g/mol. The Bertz CT molecular complexity index is 1300. The van der Waals surface area contributed by atoms with E-state index in [1.54, 1.807) is 21.5 Å². The first-order valence-corrected chi connectivity index (χ1v) is 10.2. The van der Waals surface area contributed by atoms with Gasteiger partial charge in [-0.2, -0.15) is 5.10 Å². The second-order valence-corrected chi connectivity index (χ2v) is 8.10. The molecule has 1 N–H and O–H groups in total. The van der Waals surface area contributed by atoms with Gasteiger partial charge >= 0.3 is 5.97 Å². The van der Waals surface area contributed by atoms with Crippen molar-refractivity contribution in [2.45, 2.75) is 30.2 Å². The van der Waals surface area contributed by atoms with Crippen LogP contribution in [0.5, 0.6) is 0 Å². The van der Waals surface area contributed by atoms with Crippen LogP contribution in [0.15, 0.2) is 52.5 Å². The molecule has 154 valence electrons. The van der Waals surface area contributed by atoms with Crippen LogP contribution in [-0.2, 0) is 6.54 Å². The predicted molar refractivity (Wildman–Crippen MR) is 112 cm³/mol. The highest BCUT2D eigenvalue weighted by molar-refractivity contribution is 7.99. The third kappa shape index (κ3) is 3.36. The number of carbonyl (C=O) groups is 1. The Morgan fingerprint density at radius 2 is 2.03 bits per heavy atom. The summed E-state index contributed by atoms with van der Waals surface area (Å²) in [7, 11) is 0. The molecule has 0 saturated heterocycles. The number of hydrogen-bond donors (Lipinski definition) is 1. The van der Waals surface area contributed by atoms with Gasteiger partial charge in [0.2, 0.25) is 0 Å². The normalized spacial score (nSPS) is 11.4. The van der Waals surface area contributed by atoms with Crippen LogP contribution in [0.1, 0.15) is 23.0 Å². The van der Waals surface area contributed by atoms with E-state index in [0.29, 0.717) is 32.9 Å².